The zero-order valence-electron chi connectivity index (χ0n) is 6.68. The van der Waals surface area contributed by atoms with E-state index in [2.05, 4.69) is 25.8 Å². The topological polar surface area (TPSA) is 12.4 Å². The van der Waals surface area contributed by atoms with E-state index in [9.17, 15) is 0 Å². The van der Waals surface area contributed by atoms with Crippen LogP contribution in [0.15, 0.2) is 16.8 Å². The lowest BCUT2D eigenvalue weighted by Gasteiger charge is -2.00. The molecule has 0 aromatic rings. The molecule has 0 aliphatic heterocycles. The number of aliphatic imine (C=N–C) groups is 1. The number of rotatable bonds is 2. The Hall–Kier alpha value is -0.590. The fourth-order valence-electron chi connectivity index (χ4n) is 0.341. The van der Waals surface area contributed by atoms with Crippen molar-refractivity contribution in [2.24, 2.45) is 10.9 Å². The highest BCUT2D eigenvalue weighted by Crippen LogP contribution is 2.06. The van der Waals surface area contributed by atoms with Crippen molar-refractivity contribution in [2.75, 3.05) is 0 Å². The first-order valence-corrected chi connectivity index (χ1v) is 3.33. The Labute approximate surface area is 57.5 Å². The molecule has 0 aliphatic carbocycles. The first-order valence-electron chi connectivity index (χ1n) is 3.33. The Morgan fingerprint density at radius 3 is 2.33 bits per heavy atom. The molecule has 0 aromatic carbocycles. The summed E-state index contributed by atoms with van der Waals surface area (Å²) in [6.07, 6.45) is 3.70. The van der Waals surface area contributed by atoms with Gasteiger partial charge in [-0.3, -0.25) is 4.99 Å². The first kappa shape index (κ1) is 8.41. The largest absolute Gasteiger partial charge is 0.269 e. The Bertz CT molecular complexity index is 121. The van der Waals surface area contributed by atoms with E-state index >= 15 is 0 Å². The Morgan fingerprint density at radius 2 is 2.00 bits per heavy atom. The van der Waals surface area contributed by atoms with Crippen LogP contribution in [0.5, 0.6) is 0 Å². The van der Waals surface area contributed by atoms with Crippen LogP contribution >= 0.6 is 0 Å². The quantitative estimate of drug-likeness (QED) is 0.503. The van der Waals surface area contributed by atoms with Gasteiger partial charge in [-0.15, -0.1) is 0 Å². The SMILES string of the molecule is C/C=N\C=C(/C)C(C)C. The molecule has 0 spiro atoms. The molecule has 0 heterocycles. The number of hydrogen-bond donors (Lipinski definition) is 0. The zero-order valence-corrected chi connectivity index (χ0v) is 6.68. The van der Waals surface area contributed by atoms with Crippen LogP contribution in [0.25, 0.3) is 0 Å². The molecule has 0 amide bonds. The van der Waals surface area contributed by atoms with Gasteiger partial charge in [0.2, 0.25) is 0 Å². The lowest BCUT2D eigenvalue weighted by atomic mass is 10.1. The first-order chi connectivity index (χ1) is 4.18. The summed E-state index contributed by atoms with van der Waals surface area (Å²) in [5, 5.41) is 0. The van der Waals surface area contributed by atoms with Gasteiger partial charge in [-0.1, -0.05) is 19.4 Å². The molecule has 0 saturated heterocycles. The minimum Gasteiger partial charge on any atom is -0.269 e. The van der Waals surface area contributed by atoms with Crippen LogP contribution in [0, 0.1) is 5.92 Å². The maximum absolute atomic E-state index is 4.01. The molecule has 52 valence electrons. The van der Waals surface area contributed by atoms with Gasteiger partial charge in [-0.05, 0) is 19.8 Å². The highest BCUT2D eigenvalue weighted by molar-refractivity contribution is 5.54. The van der Waals surface area contributed by atoms with Crippen LogP contribution in [0.1, 0.15) is 27.7 Å². The minimum absolute atomic E-state index is 0.619. The van der Waals surface area contributed by atoms with Crippen molar-refractivity contribution in [1.29, 1.82) is 0 Å². The van der Waals surface area contributed by atoms with Gasteiger partial charge in [0, 0.05) is 12.4 Å². The predicted molar refractivity (Wildman–Crippen MR) is 42.8 cm³/mol. The summed E-state index contributed by atoms with van der Waals surface area (Å²) in [7, 11) is 0. The third kappa shape index (κ3) is 3.95. The van der Waals surface area contributed by atoms with Crippen molar-refractivity contribution in [1.82, 2.24) is 0 Å². The number of nitrogens with zero attached hydrogens (tertiary/aromatic N) is 1. The van der Waals surface area contributed by atoms with E-state index < -0.39 is 0 Å². The second-order valence-electron chi connectivity index (χ2n) is 2.44. The van der Waals surface area contributed by atoms with Gasteiger partial charge in [-0.2, -0.15) is 0 Å². The Kier molecular flexibility index (Phi) is 4.02. The molecule has 0 N–H and O–H groups in total. The molecular formula is C8H15N. The summed E-state index contributed by atoms with van der Waals surface area (Å²) in [5.74, 6) is 0.619. The van der Waals surface area contributed by atoms with Crippen molar-refractivity contribution in [3.8, 4) is 0 Å². The van der Waals surface area contributed by atoms with E-state index in [4.69, 9.17) is 0 Å². The van der Waals surface area contributed by atoms with E-state index in [1.54, 1.807) is 6.21 Å². The van der Waals surface area contributed by atoms with Gasteiger partial charge in [-0.25, -0.2) is 0 Å². The van der Waals surface area contributed by atoms with Crippen molar-refractivity contribution in [2.45, 2.75) is 27.7 Å². The van der Waals surface area contributed by atoms with E-state index in [0.29, 0.717) is 5.92 Å². The van der Waals surface area contributed by atoms with Crippen molar-refractivity contribution in [3.63, 3.8) is 0 Å². The second kappa shape index (κ2) is 4.30. The Morgan fingerprint density at radius 1 is 1.44 bits per heavy atom. The zero-order chi connectivity index (χ0) is 7.28. The molecule has 0 unspecified atom stereocenters. The van der Waals surface area contributed by atoms with E-state index in [0.717, 1.165) is 0 Å². The van der Waals surface area contributed by atoms with Gasteiger partial charge in [0.1, 0.15) is 0 Å². The van der Waals surface area contributed by atoms with Gasteiger partial charge in [0.05, 0.1) is 0 Å². The molecular weight excluding hydrogens is 110 g/mol. The summed E-state index contributed by atoms with van der Waals surface area (Å²) in [6.45, 7) is 8.34. The van der Waals surface area contributed by atoms with Crippen LogP contribution in [-0.4, -0.2) is 6.21 Å². The smallest absolute Gasteiger partial charge is 0.0255 e. The summed E-state index contributed by atoms with van der Waals surface area (Å²) >= 11 is 0. The predicted octanol–water partition coefficient (Wildman–Crippen LogP) is 2.64. The number of allylic oxidation sites excluding steroid dienone is 1. The molecule has 0 aliphatic rings. The molecule has 0 aromatic heterocycles. The van der Waals surface area contributed by atoms with E-state index in [-0.39, 0.29) is 0 Å². The summed E-state index contributed by atoms with van der Waals surface area (Å²) in [6, 6.07) is 0. The second-order valence-corrected chi connectivity index (χ2v) is 2.44. The number of hydrogen-bond acceptors (Lipinski definition) is 1. The van der Waals surface area contributed by atoms with Crippen LogP contribution in [0.4, 0.5) is 0 Å². The Balaban J connectivity index is 3.84. The van der Waals surface area contributed by atoms with Gasteiger partial charge in [0.15, 0.2) is 0 Å². The standard InChI is InChI=1S/C8H15N/c1-5-9-6-8(4)7(2)3/h5-7H,1-4H3/b8-6+,9-5-. The molecule has 0 rings (SSSR count). The minimum atomic E-state index is 0.619. The molecule has 1 heteroatoms. The monoisotopic (exact) mass is 125 g/mol. The molecule has 0 fully saturated rings. The highest BCUT2D eigenvalue weighted by Gasteiger charge is 1.92. The van der Waals surface area contributed by atoms with Crippen LogP contribution in [-0.2, 0) is 0 Å². The van der Waals surface area contributed by atoms with Crippen molar-refractivity contribution < 1.29 is 0 Å². The fourth-order valence-corrected chi connectivity index (χ4v) is 0.341. The average molecular weight is 125 g/mol. The fraction of sp³-hybridized carbons (Fsp3) is 0.625. The van der Waals surface area contributed by atoms with Gasteiger partial charge in [0.25, 0.3) is 0 Å². The highest BCUT2D eigenvalue weighted by atomic mass is 14.7. The molecule has 0 atom stereocenters. The van der Waals surface area contributed by atoms with Crippen LogP contribution < -0.4 is 0 Å². The van der Waals surface area contributed by atoms with E-state index in [1.165, 1.54) is 5.57 Å². The normalized spacial score (nSPS) is 13.7. The third-order valence-electron chi connectivity index (χ3n) is 1.34. The molecule has 1 nitrogen and oxygen atoms in total. The lowest BCUT2D eigenvalue weighted by Crippen LogP contribution is -1.86. The summed E-state index contributed by atoms with van der Waals surface area (Å²) in [5.41, 5.74) is 1.33. The molecule has 9 heavy (non-hydrogen) atoms. The van der Waals surface area contributed by atoms with Crippen LogP contribution in [0.3, 0.4) is 0 Å². The van der Waals surface area contributed by atoms with Crippen LogP contribution in [0.2, 0.25) is 0 Å². The molecule has 0 saturated carbocycles. The van der Waals surface area contributed by atoms with Gasteiger partial charge < -0.3 is 0 Å². The average Bonchev–Trinajstić information content (AvgIpc) is 1.82. The summed E-state index contributed by atoms with van der Waals surface area (Å²) in [4.78, 5) is 4.01. The molecule has 0 bridgehead atoms. The maximum Gasteiger partial charge on any atom is 0.0255 e. The third-order valence-corrected chi connectivity index (χ3v) is 1.34. The lowest BCUT2D eigenvalue weighted by molar-refractivity contribution is 0.766. The summed E-state index contributed by atoms with van der Waals surface area (Å²) < 4.78 is 0. The van der Waals surface area contributed by atoms with E-state index in [1.807, 2.05) is 13.1 Å². The van der Waals surface area contributed by atoms with Crippen molar-refractivity contribution >= 4 is 6.21 Å². The molecule has 0 radical (unpaired) electrons. The van der Waals surface area contributed by atoms with Crippen molar-refractivity contribution in [3.05, 3.63) is 11.8 Å². The van der Waals surface area contributed by atoms with Gasteiger partial charge >= 0.3 is 0 Å². The maximum atomic E-state index is 4.01.